The normalized spacial score (nSPS) is 19.0. The van der Waals surface area contributed by atoms with Crippen LogP contribution in [0.5, 0.6) is 0 Å². The van der Waals surface area contributed by atoms with Crippen molar-refractivity contribution in [3.05, 3.63) is 22.5 Å². The molecule has 0 spiro atoms. The first kappa shape index (κ1) is 17.9. The van der Waals surface area contributed by atoms with Crippen LogP contribution >= 0.6 is 0 Å². The zero-order valence-corrected chi connectivity index (χ0v) is 14.2. The topological polar surface area (TPSA) is 103 Å². The highest BCUT2D eigenvalue weighted by atomic mass is 16.5. The minimum atomic E-state index is -1.02. The number of hydrogen-bond acceptors (Lipinski definition) is 5. The Balaban J connectivity index is 2.59. The molecule has 7 nitrogen and oxygen atoms in total. The number of aliphatic carboxylic acids is 1. The Morgan fingerprint density at radius 2 is 1.83 bits per heavy atom. The second kappa shape index (κ2) is 6.59. The first-order valence-electron chi connectivity index (χ1n) is 7.95. The summed E-state index contributed by atoms with van der Waals surface area (Å²) in [5, 5.41) is 9.04. The number of carboxylic acid groups (broad SMARTS) is 1. The van der Waals surface area contributed by atoms with E-state index in [1.54, 1.807) is 20.8 Å². The van der Waals surface area contributed by atoms with Gasteiger partial charge in [0.05, 0.1) is 29.7 Å². The first-order chi connectivity index (χ1) is 11.3. The highest BCUT2D eigenvalue weighted by Crippen LogP contribution is 2.41. The predicted molar refractivity (Wildman–Crippen MR) is 84.4 cm³/mol. The smallest absolute Gasteiger partial charge is 0.340 e. The standard InChI is InChI=1S/C17H21NO6/c1-5-12-13(17(23)24-6-2)8(3)14(9(4)19)18(12)15(20)10-7-11(10)16(21)22/h10-11H,5-7H2,1-4H3,(H,21,22). The molecular formula is C17H21NO6. The molecule has 0 saturated heterocycles. The van der Waals surface area contributed by atoms with Gasteiger partial charge in [0.15, 0.2) is 5.78 Å². The average molecular weight is 335 g/mol. The van der Waals surface area contributed by atoms with Gasteiger partial charge in [-0.15, -0.1) is 0 Å². The van der Waals surface area contributed by atoms with Crippen LogP contribution in [0.25, 0.3) is 0 Å². The molecule has 1 aliphatic rings. The molecule has 1 N–H and O–H groups in total. The Morgan fingerprint density at radius 1 is 1.21 bits per heavy atom. The van der Waals surface area contributed by atoms with Gasteiger partial charge in [-0.1, -0.05) is 6.92 Å². The van der Waals surface area contributed by atoms with Gasteiger partial charge in [0, 0.05) is 12.6 Å². The number of ether oxygens (including phenoxy) is 1. The van der Waals surface area contributed by atoms with Crippen molar-refractivity contribution in [2.24, 2.45) is 11.8 Å². The fourth-order valence-corrected chi connectivity index (χ4v) is 3.13. The summed E-state index contributed by atoms with van der Waals surface area (Å²) in [6, 6.07) is 0. The maximum Gasteiger partial charge on any atom is 0.340 e. The van der Waals surface area contributed by atoms with Crippen molar-refractivity contribution in [2.45, 2.75) is 40.5 Å². The predicted octanol–water partition coefficient (Wildman–Crippen LogP) is 2.10. The molecular weight excluding hydrogens is 314 g/mol. The van der Waals surface area contributed by atoms with Gasteiger partial charge in [0.1, 0.15) is 0 Å². The van der Waals surface area contributed by atoms with Gasteiger partial charge in [-0.05, 0) is 32.3 Å². The van der Waals surface area contributed by atoms with Crippen molar-refractivity contribution in [2.75, 3.05) is 6.61 Å². The lowest BCUT2D eigenvalue weighted by molar-refractivity contribution is -0.138. The van der Waals surface area contributed by atoms with Gasteiger partial charge in [-0.3, -0.25) is 19.0 Å². The monoisotopic (exact) mass is 335 g/mol. The number of aromatic nitrogens is 1. The molecule has 1 aromatic rings. The first-order valence-corrected chi connectivity index (χ1v) is 7.95. The number of carbonyl (C=O) groups is 4. The molecule has 1 saturated carbocycles. The maximum atomic E-state index is 12.8. The number of nitrogens with zero attached hydrogens (tertiary/aromatic N) is 1. The van der Waals surface area contributed by atoms with Crippen LogP contribution in [0.1, 0.15) is 64.1 Å². The zero-order chi connectivity index (χ0) is 18.2. The lowest BCUT2D eigenvalue weighted by atomic mass is 10.1. The molecule has 24 heavy (non-hydrogen) atoms. The molecule has 0 amide bonds. The van der Waals surface area contributed by atoms with Crippen LogP contribution < -0.4 is 0 Å². The fourth-order valence-electron chi connectivity index (χ4n) is 3.13. The Bertz CT molecular complexity index is 730. The van der Waals surface area contributed by atoms with E-state index in [1.807, 2.05) is 0 Å². The Kier molecular flexibility index (Phi) is 4.91. The van der Waals surface area contributed by atoms with E-state index in [2.05, 4.69) is 0 Å². The van der Waals surface area contributed by atoms with E-state index >= 15 is 0 Å². The van der Waals surface area contributed by atoms with E-state index in [0.717, 1.165) is 0 Å². The third-order valence-corrected chi connectivity index (χ3v) is 4.31. The Morgan fingerprint density at radius 3 is 2.25 bits per heavy atom. The minimum Gasteiger partial charge on any atom is -0.481 e. The SMILES string of the molecule is CCOC(=O)c1c(C)c(C(C)=O)n(C(=O)C2CC2C(=O)O)c1CC. The van der Waals surface area contributed by atoms with Crippen LogP contribution in [0.3, 0.4) is 0 Å². The van der Waals surface area contributed by atoms with Crippen LogP contribution in [-0.4, -0.2) is 39.9 Å². The van der Waals surface area contributed by atoms with E-state index < -0.39 is 29.7 Å². The molecule has 1 fully saturated rings. The lowest BCUT2D eigenvalue weighted by Gasteiger charge is -2.10. The molecule has 1 aliphatic carbocycles. The summed E-state index contributed by atoms with van der Waals surface area (Å²) in [5.74, 6) is -3.78. The number of Topliss-reactive ketones (excluding diaryl/α,β-unsaturated/α-hetero) is 1. The van der Waals surface area contributed by atoms with Gasteiger partial charge < -0.3 is 9.84 Å². The maximum absolute atomic E-state index is 12.8. The van der Waals surface area contributed by atoms with Crippen molar-refractivity contribution < 1.29 is 29.0 Å². The number of ketones is 1. The minimum absolute atomic E-state index is 0.135. The molecule has 2 unspecified atom stereocenters. The quantitative estimate of drug-likeness (QED) is 0.631. The highest BCUT2D eigenvalue weighted by molar-refractivity contribution is 6.05. The van der Waals surface area contributed by atoms with Crippen LogP contribution in [0.15, 0.2) is 0 Å². The largest absolute Gasteiger partial charge is 0.481 e. The summed E-state index contributed by atoms with van der Waals surface area (Å²) in [5.41, 5.74) is 1.16. The van der Waals surface area contributed by atoms with E-state index in [-0.39, 0.29) is 30.1 Å². The van der Waals surface area contributed by atoms with E-state index in [4.69, 9.17) is 9.84 Å². The molecule has 2 rings (SSSR count). The number of carboxylic acids is 1. The molecule has 0 aromatic carbocycles. The summed E-state index contributed by atoms with van der Waals surface area (Å²) >= 11 is 0. The molecule has 1 aromatic heterocycles. The van der Waals surface area contributed by atoms with Crippen molar-refractivity contribution in [1.29, 1.82) is 0 Å². The van der Waals surface area contributed by atoms with Crippen LogP contribution in [0.2, 0.25) is 0 Å². The van der Waals surface area contributed by atoms with Gasteiger partial charge in [0.25, 0.3) is 0 Å². The summed E-state index contributed by atoms with van der Waals surface area (Å²) in [6.07, 6.45) is 0.596. The molecule has 2 atom stereocenters. The van der Waals surface area contributed by atoms with Crippen molar-refractivity contribution >= 4 is 23.6 Å². The molecule has 7 heteroatoms. The molecule has 0 radical (unpaired) electrons. The van der Waals surface area contributed by atoms with Gasteiger partial charge >= 0.3 is 11.9 Å². The summed E-state index contributed by atoms with van der Waals surface area (Å²) in [7, 11) is 0. The zero-order valence-electron chi connectivity index (χ0n) is 14.2. The third-order valence-electron chi connectivity index (χ3n) is 4.31. The fraction of sp³-hybridized carbons (Fsp3) is 0.529. The highest BCUT2D eigenvalue weighted by Gasteiger charge is 2.50. The van der Waals surface area contributed by atoms with Crippen LogP contribution in [0.4, 0.5) is 0 Å². The lowest BCUT2D eigenvalue weighted by Crippen LogP contribution is -2.22. The number of carbonyl (C=O) groups excluding carboxylic acids is 3. The van der Waals surface area contributed by atoms with Gasteiger partial charge in [-0.2, -0.15) is 0 Å². The second-order valence-corrected chi connectivity index (χ2v) is 5.89. The van der Waals surface area contributed by atoms with Gasteiger partial charge in [-0.25, -0.2) is 4.79 Å². The van der Waals surface area contributed by atoms with Crippen molar-refractivity contribution in [3.63, 3.8) is 0 Å². The van der Waals surface area contributed by atoms with Crippen LogP contribution in [-0.2, 0) is 16.0 Å². The Labute approximate surface area is 139 Å². The molecule has 1 heterocycles. The van der Waals surface area contributed by atoms with E-state index in [1.165, 1.54) is 11.5 Å². The van der Waals surface area contributed by atoms with Crippen LogP contribution in [0, 0.1) is 18.8 Å². The van der Waals surface area contributed by atoms with Crippen molar-refractivity contribution in [1.82, 2.24) is 4.57 Å². The summed E-state index contributed by atoms with van der Waals surface area (Å²) in [6.45, 7) is 6.55. The summed E-state index contributed by atoms with van der Waals surface area (Å²) < 4.78 is 6.28. The number of esters is 1. The second-order valence-electron chi connectivity index (χ2n) is 5.89. The van der Waals surface area contributed by atoms with E-state index in [9.17, 15) is 19.2 Å². The summed E-state index contributed by atoms with van der Waals surface area (Å²) in [4.78, 5) is 48.1. The number of rotatable bonds is 6. The molecule has 0 aliphatic heterocycles. The average Bonchev–Trinajstić information content (AvgIpc) is 3.24. The molecule has 130 valence electrons. The molecule has 0 bridgehead atoms. The third kappa shape index (κ3) is 2.86. The number of hydrogen-bond donors (Lipinski definition) is 1. The van der Waals surface area contributed by atoms with Gasteiger partial charge in [0.2, 0.25) is 5.91 Å². The van der Waals surface area contributed by atoms with Crippen molar-refractivity contribution in [3.8, 4) is 0 Å². The Hall–Kier alpha value is -2.44. The van der Waals surface area contributed by atoms with E-state index in [0.29, 0.717) is 17.7 Å².